The first-order valence-corrected chi connectivity index (χ1v) is 13.0. The number of rotatable bonds is 7. The van der Waals surface area contributed by atoms with Gasteiger partial charge in [0, 0.05) is 12.7 Å². The van der Waals surface area contributed by atoms with Crippen LogP contribution in [0.5, 0.6) is 0 Å². The second-order valence-electron chi connectivity index (χ2n) is 10.6. The van der Waals surface area contributed by atoms with Gasteiger partial charge in [0.25, 0.3) is 0 Å². The van der Waals surface area contributed by atoms with Gasteiger partial charge in [-0.1, -0.05) is 55.5 Å². The van der Waals surface area contributed by atoms with Gasteiger partial charge in [-0.05, 0) is 49.8 Å². The first kappa shape index (κ1) is 25.4. The van der Waals surface area contributed by atoms with E-state index in [-0.39, 0.29) is 24.3 Å². The van der Waals surface area contributed by atoms with Crippen LogP contribution in [0.15, 0.2) is 48.5 Å². The van der Waals surface area contributed by atoms with Crippen LogP contribution in [0.1, 0.15) is 48.9 Å². The lowest BCUT2D eigenvalue weighted by Gasteiger charge is -2.37. The number of fused-ring (bicyclic) bond motifs is 1. The van der Waals surface area contributed by atoms with Crippen molar-refractivity contribution in [1.29, 1.82) is 0 Å². The number of nitrogens with zero attached hydrogens (tertiary/aromatic N) is 1. The Labute approximate surface area is 217 Å². The molecule has 3 aliphatic rings. The van der Waals surface area contributed by atoms with Crippen molar-refractivity contribution in [2.75, 3.05) is 19.0 Å². The Morgan fingerprint density at radius 2 is 1.76 bits per heavy atom. The van der Waals surface area contributed by atoms with Crippen LogP contribution in [0.25, 0.3) is 0 Å². The number of benzene rings is 2. The van der Waals surface area contributed by atoms with E-state index in [4.69, 9.17) is 4.74 Å². The number of hydrogen-bond donors (Lipinski definition) is 3. The predicted octanol–water partition coefficient (Wildman–Crippen LogP) is 2.88. The highest BCUT2D eigenvalue weighted by Gasteiger charge is 2.79. The van der Waals surface area contributed by atoms with Crippen molar-refractivity contribution in [2.24, 2.45) is 11.8 Å². The van der Waals surface area contributed by atoms with E-state index in [0.717, 1.165) is 16.7 Å². The second-order valence-corrected chi connectivity index (χ2v) is 10.6. The summed E-state index contributed by atoms with van der Waals surface area (Å²) in [5.41, 5.74) is 1.27. The van der Waals surface area contributed by atoms with Gasteiger partial charge in [-0.15, -0.1) is 0 Å². The molecule has 3 saturated heterocycles. The van der Waals surface area contributed by atoms with Crippen molar-refractivity contribution in [3.8, 4) is 0 Å². The van der Waals surface area contributed by atoms with Crippen molar-refractivity contribution in [3.63, 3.8) is 0 Å². The van der Waals surface area contributed by atoms with E-state index >= 15 is 0 Å². The lowest BCUT2D eigenvalue weighted by atomic mass is 9.65. The molecular weight excluding hydrogens is 470 g/mol. The van der Waals surface area contributed by atoms with Crippen molar-refractivity contribution in [3.05, 3.63) is 65.2 Å². The third kappa shape index (κ3) is 3.61. The zero-order valence-electron chi connectivity index (χ0n) is 21.8. The number of carbonyl (C=O) groups is 3. The molecule has 2 aromatic rings. The number of hydrogen-bond acceptors (Lipinski definition) is 5. The van der Waals surface area contributed by atoms with Gasteiger partial charge in [0.2, 0.25) is 17.7 Å². The summed E-state index contributed by atoms with van der Waals surface area (Å²) < 4.78 is 6.75. The Kier molecular flexibility index (Phi) is 6.36. The molecule has 3 heterocycles. The van der Waals surface area contributed by atoms with Gasteiger partial charge < -0.3 is 25.4 Å². The van der Waals surface area contributed by atoms with Crippen molar-refractivity contribution in [1.82, 2.24) is 10.2 Å². The fourth-order valence-electron chi connectivity index (χ4n) is 7.08. The molecule has 0 radical (unpaired) electrons. The number of anilines is 1. The molecule has 2 bridgehead atoms. The summed E-state index contributed by atoms with van der Waals surface area (Å²) in [6.07, 6.45) is 1.63. The number of carbonyl (C=O) groups excluding carboxylic acids is 3. The Morgan fingerprint density at radius 1 is 1.08 bits per heavy atom. The molecule has 6 atom stereocenters. The van der Waals surface area contributed by atoms with Gasteiger partial charge in [0.1, 0.15) is 11.6 Å². The number of aliphatic hydroxyl groups excluding tert-OH is 1. The molecular formula is C29H35N3O5. The van der Waals surface area contributed by atoms with Gasteiger partial charge >= 0.3 is 0 Å². The topological polar surface area (TPSA) is 108 Å². The molecule has 2 unspecified atom stereocenters. The fourth-order valence-corrected chi connectivity index (χ4v) is 7.08. The number of amides is 3. The van der Waals surface area contributed by atoms with Crippen LogP contribution in [0.2, 0.25) is 0 Å². The highest BCUT2D eigenvalue weighted by Crippen LogP contribution is 2.65. The summed E-state index contributed by atoms with van der Waals surface area (Å²) in [5.74, 6) is -2.47. The average molecular weight is 506 g/mol. The standard InChI is InChI=1S/C29H35N3O5/c1-5-28-14-15-29(37-28)22(21(28)25(34)30-4)27(36)32(20(16-33)19-12-7-6-8-13-19)24(29)26(35)31-23-17(2)10-9-11-18(23)3/h6-13,20-22,24,33H,5,14-16H2,1-4H3,(H,30,34)(H,31,35)/t20-,21+,22+,24?,28-,29?/m1/s1. The molecule has 1 spiro atoms. The minimum absolute atomic E-state index is 0.252. The van der Waals surface area contributed by atoms with Crippen LogP contribution >= 0.6 is 0 Å². The Bertz CT molecular complexity index is 1210. The Balaban J connectivity index is 1.65. The van der Waals surface area contributed by atoms with Crippen LogP contribution in [0.4, 0.5) is 5.69 Å². The van der Waals surface area contributed by atoms with Crippen molar-refractivity contribution >= 4 is 23.4 Å². The number of likely N-dealkylation sites (tertiary alicyclic amines) is 1. The smallest absolute Gasteiger partial charge is 0.250 e. The largest absolute Gasteiger partial charge is 0.394 e. The molecule has 3 aliphatic heterocycles. The normalized spacial score (nSPS) is 30.8. The SMILES string of the molecule is CC[C@]12CCC3(O1)C(C(=O)Nc1c(C)cccc1C)N([C@H](CO)c1ccccc1)C(=O)[C@@H]3[C@H]2C(=O)NC. The molecule has 3 amide bonds. The molecule has 8 heteroatoms. The monoisotopic (exact) mass is 505 g/mol. The number of aryl methyl sites for hydroxylation is 2. The molecule has 0 aromatic heterocycles. The molecule has 2 aromatic carbocycles. The predicted molar refractivity (Wildman–Crippen MR) is 139 cm³/mol. The number of nitrogens with one attached hydrogen (secondary N) is 2. The summed E-state index contributed by atoms with van der Waals surface area (Å²) >= 11 is 0. The average Bonchev–Trinajstić information content (AvgIpc) is 3.51. The molecule has 196 valence electrons. The van der Waals surface area contributed by atoms with Gasteiger partial charge in [0.05, 0.1) is 30.1 Å². The van der Waals surface area contributed by atoms with Crippen molar-refractivity contribution < 1.29 is 24.2 Å². The van der Waals surface area contributed by atoms with E-state index in [9.17, 15) is 19.5 Å². The van der Waals surface area contributed by atoms with Crippen LogP contribution in [0, 0.1) is 25.7 Å². The van der Waals surface area contributed by atoms with E-state index in [1.807, 2.05) is 69.3 Å². The summed E-state index contributed by atoms with van der Waals surface area (Å²) in [6.45, 7) is 5.44. The van der Waals surface area contributed by atoms with E-state index < -0.39 is 35.1 Å². The molecule has 3 fully saturated rings. The lowest BCUT2D eigenvalue weighted by molar-refractivity contribution is -0.149. The van der Waals surface area contributed by atoms with Crippen LogP contribution in [-0.2, 0) is 19.1 Å². The molecule has 3 N–H and O–H groups in total. The summed E-state index contributed by atoms with van der Waals surface area (Å²) in [7, 11) is 1.56. The third-order valence-electron chi connectivity index (χ3n) is 8.82. The highest BCUT2D eigenvalue weighted by molar-refractivity contribution is 6.04. The van der Waals surface area contributed by atoms with Crippen LogP contribution in [0.3, 0.4) is 0 Å². The quantitative estimate of drug-likeness (QED) is 0.536. The zero-order chi connectivity index (χ0) is 26.5. The Hall–Kier alpha value is -3.23. The second kappa shape index (κ2) is 9.26. The molecule has 0 aliphatic carbocycles. The number of aliphatic hydroxyl groups is 1. The minimum atomic E-state index is -1.16. The fraction of sp³-hybridized carbons (Fsp3) is 0.483. The van der Waals surface area contributed by atoms with Crippen LogP contribution < -0.4 is 10.6 Å². The highest BCUT2D eigenvalue weighted by atomic mass is 16.5. The maximum Gasteiger partial charge on any atom is 0.250 e. The maximum atomic E-state index is 14.3. The van der Waals surface area contributed by atoms with E-state index in [2.05, 4.69) is 10.6 Å². The number of para-hydroxylation sites is 1. The molecule has 37 heavy (non-hydrogen) atoms. The summed E-state index contributed by atoms with van der Waals surface area (Å²) in [5, 5.41) is 16.4. The molecule has 8 nitrogen and oxygen atoms in total. The van der Waals surface area contributed by atoms with Gasteiger partial charge in [-0.25, -0.2) is 0 Å². The van der Waals surface area contributed by atoms with Gasteiger partial charge in [-0.2, -0.15) is 0 Å². The van der Waals surface area contributed by atoms with Gasteiger partial charge in [-0.3, -0.25) is 14.4 Å². The van der Waals surface area contributed by atoms with Crippen LogP contribution in [-0.4, -0.2) is 58.6 Å². The van der Waals surface area contributed by atoms with Crippen molar-refractivity contribution in [2.45, 2.75) is 63.3 Å². The maximum absolute atomic E-state index is 14.3. The molecule has 5 rings (SSSR count). The third-order valence-corrected chi connectivity index (χ3v) is 8.82. The summed E-state index contributed by atoms with van der Waals surface area (Å²) in [6, 6.07) is 13.2. The summed E-state index contributed by atoms with van der Waals surface area (Å²) in [4.78, 5) is 43.2. The van der Waals surface area contributed by atoms with E-state index in [1.54, 1.807) is 7.05 Å². The number of ether oxygens (including phenoxy) is 1. The first-order chi connectivity index (χ1) is 17.7. The first-order valence-electron chi connectivity index (χ1n) is 13.0. The minimum Gasteiger partial charge on any atom is -0.394 e. The Morgan fingerprint density at radius 3 is 2.35 bits per heavy atom. The molecule has 0 saturated carbocycles. The van der Waals surface area contributed by atoms with Gasteiger partial charge in [0.15, 0.2) is 0 Å². The lowest BCUT2D eigenvalue weighted by Crippen LogP contribution is -2.54. The zero-order valence-corrected chi connectivity index (χ0v) is 21.8. The van der Waals surface area contributed by atoms with E-state index in [1.165, 1.54) is 4.90 Å². The van der Waals surface area contributed by atoms with E-state index in [0.29, 0.717) is 24.9 Å².